The van der Waals surface area contributed by atoms with E-state index in [2.05, 4.69) is 20.5 Å². The first kappa shape index (κ1) is 16.9. The van der Waals surface area contributed by atoms with E-state index in [0.717, 1.165) is 5.69 Å². The zero-order valence-electron chi connectivity index (χ0n) is 14.5. The van der Waals surface area contributed by atoms with Gasteiger partial charge in [-0.1, -0.05) is 0 Å². The highest BCUT2D eigenvalue weighted by atomic mass is 16.2. The van der Waals surface area contributed by atoms with Gasteiger partial charge in [0.1, 0.15) is 12.9 Å². The number of hydrogen-bond donors (Lipinski definition) is 0. The summed E-state index contributed by atoms with van der Waals surface area (Å²) in [5, 5.41) is 10.7. The molecule has 3 heterocycles. The summed E-state index contributed by atoms with van der Waals surface area (Å²) in [6, 6.07) is 7.40. The number of amides is 2. The third-order valence-corrected chi connectivity index (χ3v) is 4.53. The first-order chi connectivity index (χ1) is 13.2. The van der Waals surface area contributed by atoms with Gasteiger partial charge in [0.05, 0.1) is 6.33 Å². The van der Waals surface area contributed by atoms with Crippen LogP contribution in [0.2, 0.25) is 0 Å². The Kier molecular flexibility index (Phi) is 4.60. The van der Waals surface area contributed by atoms with Gasteiger partial charge in [-0.3, -0.25) is 9.59 Å². The number of imidazole rings is 1. The van der Waals surface area contributed by atoms with Crippen LogP contribution in [0.25, 0.3) is 5.69 Å². The second-order valence-corrected chi connectivity index (χ2v) is 6.20. The maximum atomic E-state index is 12.7. The summed E-state index contributed by atoms with van der Waals surface area (Å²) in [6.07, 6.45) is 6.68. The quantitative estimate of drug-likeness (QED) is 0.636. The molecule has 1 fully saturated rings. The van der Waals surface area contributed by atoms with Crippen molar-refractivity contribution in [2.45, 2.75) is 6.54 Å². The third kappa shape index (κ3) is 3.68. The van der Waals surface area contributed by atoms with Crippen molar-refractivity contribution >= 4 is 11.8 Å². The molecule has 3 aromatic rings. The molecule has 1 aliphatic rings. The van der Waals surface area contributed by atoms with Gasteiger partial charge in [0, 0.05) is 49.8 Å². The van der Waals surface area contributed by atoms with Crippen LogP contribution in [0.4, 0.5) is 0 Å². The molecular weight excluding hydrogens is 348 g/mol. The molecule has 0 saturated carbocycles. The van der Waals surface area contributed by atoms with Crippen molar-refractivity contribution in [2.75, 3.05) is 26.2 Å². The number of rotatable bonds is 4. The minimum Gasteiger partial charge on any atom is -0.338 e. The molecule has 1 aromatic carbocycles. The Hall–Kier alpha value is -3.56. The number of aromatic nitrogens is 6. The maximum absolute atomic E-state index is 12.7. The average Bonchev–Trinajstić information content (AvgIpc) is 3.42. The Bertz CT molecular complexity index is 897. The first-order valence-electron chi connectivity index (χ1n) is 8.57. The SMILES string of the molecule is O=C(Cn1cnnn1)N1CCN(C(=O)c2ccc(-n3ccnc3)cc2)CC1. The van der Waals surface area contributed by atoms with Gasteiger partial charge in [0.2, 0.25) is 5.91 Å². The molecule has 0 spiro atoms. The Labute approximate surface area is 155 Å². The number of carbonyl (C=O) groups is 2. The largest absolute Gasteiger partial charge is 0.338 e. The Morgan fingerprint density at radius 3 is 2.33 bits per heavy atom. The molecule has 2 aromatic heterocycles. The zero-order chi connectivity index (χ0) is 18.6. The molecule has 1 aliphatic heterocycles. The van der Waals surface area contributed by atoms with E-state index in [0.29, 0.717) is 31.7 Å². The van der Waals surface area contributed by atoms with Crippen molar-refractivity contribution < 1.29 is 9.59 Å². The van der Waals surface area contributed by atoms with Crippen molar-refractivity contribution in [3.05, 3.63) is 54.9 Å². The van der Waals surface area contributed by atoms with Crippen molar-refractivity contribution in [1.82, 2.24) is 39.6 Å². The number of carbonyl (C=O) groups excluding carboxylic acids is 2. The Morgan fingerprint density at radius 2 is 1.70 bits per heavy atom. The molecule has 0 radical (unpaired) electrons. The van der Waals surface area contributed by atoms with E-state index in [4.69, 9.17) is 0 Å². The van der Waals surface area contributed by atoms with Gasteiger partial charge < -0.3 is 14.4 Å². The highest BCUT2D eigenvalue weighted by Crippen LogP contribution is 2.13. The van der Waals surface area contributed by atoms with Gasteiger partial charge in [-0.2, -0.15) is 0 Å². The lowest BCUT2D eigenvalue weighted by Crippen LogP contribution is -2.51. The van der Waals surface area contributed by atoms with Crippen LogP contribution in [0.1, 0.15) is 10.4 Å². The van der Waals surface area contributed by atoms with Gasteiger partial charge in [-0.15, -0.1) is 5.10 Å². The molecule has 0 unspecified atom stereocenters. The number of nitrogens with zero attached hydrogens (tertiary/aromatic N) is 8. The van der Waals surface area contributed by atoms with Crippen LogP contribution in [0.15, 0.2) is 49.3 Å². The predicted octanol–water partition coefficient (Wildman–Crippen LogP) is -0.157. The van der Waals surface area contributed by atoms with E-state index < -0.39 is 0 Å². The molecule has 4 rings (SSSR count). The van der Waals surface area contributed by atoms with Crippen LogP contribution in [0.5, 0.6) is 0 Å². The van der Waals surface area contributed by atoms with Crippen molar-refractivity contribution in [3.63, 3.8) is 0 Å². The number of tetrazole rings is 1. The van der Waals surface area contributed by atoms with Crippen LogP contribution in [0, 0.1) is 0 Å². The summed E-state index contributed by atoms with van der Waals surface area (Å²) in [5.74, 6) is -0.0844. The van der Waals surface area contributed by atoms with Crippen molar-refractivity contribution in [2.24, 2.45) is 0 Å². The second kappa shape index (κ2) is 7.36. The molecule has 0 aliphatic carbocycles. The van der Waals surface area contributed by atoms with Gasteiger partial charge in [-0.25, -0.2) is 9.67 Å². The summed E-state index contributed by atoms with van der Waals surface area (Å²) in [4.78, 5) is 32.5. The smallest absolute Gasteiger partial charge is 0.253 e. The van der Waals surface area contributed by atoms with Crippen LogP contribution in [-0.4, -0.2) is 77.6 Å². The van der Waals surface area contributed by atoms with E-state index in [9.17, 15) is 9.59 Å². The van der Waals surface area contributed by atoms with Gasteiger partial charge in [0.25, 0.3) is 5.91 Å². The summed E-state index contributed by atoms with van der Waals surface area (Å²) in [6.45, 7) is 2.11. The third-order valence-electron chi connectivity index (χ3n) is 4.53. The van der Waals surface area contributed by atoms with E-state index in [1.165, 1.54) is 11.0 Å². The maximum Gasteiger partial charge on any atom is 0.253 e. The van der Waals surface area contributed by atoms with Crippen molar-refractivity contribution in [1.29, 1.82) is 0 Å². The number of piperazine rings is 1. The molecule has 10 heteroatoms. The lowest BCUT2D eigenvalue weighted by molar-refractivity contribution is -0.133. The van der Waals surface area contributed by atoms with Gasteiger partial charge in [0.15, 0.2) is 0 Å². The topological polar surface area (TPSA) is 102 Å². The fraction of sp³-hybridized carbons (Fsp3) is 0.294. The molecule has 0 N–H and O–H groups in total. The fourth-order valence-electron chi connectivity index (χ4n) is 3.02. The summed E-state index contributed by atoms with van der Waals surface area (Å²) in [5.41, 5.74) is 1.58. The lowest BCUT2D eigenvalue weighted by Gasteiger charge is -2.34. The van der Waals surface area contributed by atoms with Crippen molar-refractivity contribution in [3.8, 4) is 5.69 Å². The van der Waals surface area contributed by atoms with Gasteiger partial charge in [-0.05, 0) is 34.7 Å². The molecule has 0 atom stereocenters. The molecule has 10 nitrogen and oxygen atoms in total. The highest BCUT2D eigenvalue weighted by Gasteiger charge is 2.25. The van der Waals surface area contributed by atoms with Gasteiger partial charge >= 0.3 is 0 Å². The van der Waals surface area contributed by atoms with Crippen LogP contribution in [-0.2, 0) is 11.3 Å². The molecular formula is C17H18N8O2. The summed E-state index contributed by atoms with van der Waals surface area (Å²) < 4.78 is 3.27. The molecule has 1 saturated heterocycles. The van der Waals surface area contributed by atoms with E-state index in [1.54, 1.807) is 22.3 Å². The standard InChI is InChI=1S/C17H18N8O2/c26-16(11-25-13-19-20-21-25)22-7-9-23(10-8-22)17(27)14-1-3-15(4-2-14)24-6-5-18-12-24/h1-6,12-13H,7-11H2. The molecule has 2 amide bonds. The minimum absolute atomic E-state index is 0.0280. The Balaban J connectivity index is 1.33. The van der Waals surface area contributed by atoms with Crippen LogP contribution >= 0.6 is 0 Å². The van der Waals surface area contributed by atoms with Crippen LogP contribution < -0.4 is 0 Å². The number of benzene rings is 1. The fourth-order valence-corrected chi connectivity index (χ4v) is 3.02. The Morgan fingerprint density at radius 1 is 0.963 bits per heavy atom. The predicted molar refractivity (Wildman–Crippen MR) is 93.9 cm³/mol. The molecule has 0 bridgehead atoms. The number of hydrogen-bond acceptors (Lipinski definition) is 6. The normalized spacial score (nSPS) is 14.4. The second-order valence-electron chi connectivity index (χ2n) is 6.20. The van der Waals surface area contributed by atoms with Crippen LogP contribution in [0.3, 0.4) is 0 Å². The molecule has 138 valence electrons. The summed E-state index contributed by atoms with van der Waals surface area (Å²) in [7, 11) is 0. The molecule has 27 heavy (non-hydrogen) atoms. The van der Waals surface area contributed by atoms with E-state index in [-0.39, 0.29) is 18.4 Å². The summed E-state index contributed by atoms with van der Waals surface area (Å²) >= 11 is 0. The van der Waals surface area contributed by atoms with E-state index in [1.807, 2.05) is 35.0 Å². The first-order valence-corrected chi connectivity index (χ1v) is 8.57. The minimum atomic E-state index is -0.0564. The zero-order valence-corrected chi connectivity index (χ0v) is 14.5. The monoisotopic (exact) mass is 366 g/mol. The van der Waals surface area contributed by atoms with E-state index >= 15 is 0 Å². The highest BCUT2D eigenvalue weighted by molar-refractivity contribution is 5.94. The lowest BCUT2D eigenvalue weighted by atomic mass is 10.1. The average molecular weight is 366 g/mol.